The Balaban J connectivity index is 1.55. The Morgan fingerprint density at radius 1 is 1.03 bits per heavy atom. The van der Waals surface area contributed by atoms with Crippen LogP contribution in [0.2, 0.25) is 0 Å². The molecule has 150 valence electrons. The van der Waals surface area contributed by atoms with Crippen LogP contribution in [0.15, 0.2) is 65.9 Å². The van der Waals surface area contributed by atoms with Gasteiger partial charge in [-0.3, -0.25) is 10.1 Å². The second-order valence-electron chi connectivity index (χ2n) is 7.11. The zero-order valence-electron chi connectivity index (χ0n) is 15.9. The van der Waals surface area contributed by atoms with Crippen LogP contribution in [-0.2, 0) is 0 Å². The van der Waals surface area contributed by atoms with Crippen molar-refractivity contribution in [3.8, 4) is 33.8 Å². The number of nitrogens with one attached hydrogen (secondary N) is 2. The van der Waals surface area contributed by atoms with Gasteiger partial charge in [-0.25, -0.2) is 14.4 Å². The first-order valence-electron chi connectivity index (χ1n) is 9.43. The normalized spacial score (nSPS) is 11.5. The summed E-state index contributed by atoms with van der Waals surface area (Å²) < 4.78 is 20.0. The molecule has 0 aliphatic rings. The monoisotopic (exact) mass is 411 g/mol. The molecule has 5 aromatic heterocycles. The number of furan rings is 1. The number of hydrogen-bond acceptors (Lipinski definition) is 6. The topological polar surface area (TPSA) is 122 Å². The molecule has 0 spiro atoms. The van der Waals surface area contributed by atoms with E-state index in [0.29, 0.717) is 39.4 Å². The maximum Gasteiger partial charge on any atom is 0.178 e. The molecule has 0 aliphatic carbocycles. The molecule has 5 heterocycles. The highest BCUT2D eigenvalue weighted by atomic mass is 19.1. The summed E-state index contributed by atoms with van der Waals surface area (Å²) in [7, 11) is 0. The summed E-state index contributed by atoms with van der Waals surface area (Å²) in [6.07, 6.45) is 8.13. The molecule has 0 saturated carbocycles. The van der Waals surface area contributed by atoms with E-state index in [-0.39, 0.29) is 5.52 Å². The molecule has 0 atom stereocenters. The average molecular weight is 411 g/mol. The molecule has 0 bridgehead atoms. The number of pyridine rings is 2. The van der Waals surface area contributed by atoms with Gasteiger partial charge in [-0.1, -0.05) is 0 Å². The van der Waals surface area contributed by atoms with E-state index in [4.69, 9.17) is 10.2 Å². The molecule has 6 rings (SSSR count). The van der Waals surface area contributed by atoms with Gasteiger partial charge >= 0.3 is 0 Å². The Hall–Kier alpha value is -4.53. The molecule has 31 heavy (non-hydrogen) atoms. The second kappa shape index (κ2) is 6.49. The number of fused-ring (bicyclic) bond motifs is 2. The Kier molecular flexibility index (Phi) is 3.63. The van der Waals surface area contributed by atoms with Crippen LogP contribution >= 0.6 is 0 Å². The van der Waals surface area contributed by atoms with Crippen LogP contribution in [0, 0.1) is 5.82 Å². The van der Waals surface area contributed by atoms with E-state index in [1.807, 2.05) is 18.2 Å². The van der Waals surface area contributed by atoms with Gasteiger partial charge in [0.15, 0.2) is 17.3 Å². The molecule has 0 radical (unpaired) electrons. The number of nitrogen functional groups attached to an aromatic ring is 1. The largest absolute Gasteiger partial charge is 0.472 e. The summed E-state index contributed by atoms with van der Waals surface area (Å²) in [5, 5.41) is 7.64. The van der Waals surface area contributed by atoms with Gasteiger partial charge in [0.05, 0.1) is 23.7 Å². The number of benzene rings is 1. The number of aromatic amines is 2. The minimum atomic E-state index is -0.453. The number of halogens is 1. The van der Waals surface area contributed by atoms with E-state index in [9.17, 15) is 4.39 Å². The van der Waals surface area contributed by atoms with Crippen molar-refractivity contribution in [2.45, 2.75) is 0 Å². The summed E-state index contributed by atoms with van der Waals surface area (Å²) in [6.45, 7) is 0. The van der Waals surface area contributed by atoms with Crippen LogP contribution in [0.3, 0.4) is 0 Å². The van der Waals surface area contributed by atoms with E-state index in [2.05, 4.69) is 30.1 Å². The smallest absolute Gasteiger partial charge is 0.178 e. The van der Waals surface area contributed by atoms with Gasteiger partial charge in [0.25, 0.3) is 0 Å². The highest BCUT2D eigenvalue weighted by molar-refractivity contribution is 5.97. The molecule has 0 amide bonds. The Morgan fingerprint density at radius 3 is 2.81 bits per heavy atom. The van der Waals surface area contributed by atoms with Crippen molar-refractivity contribution in [2.75, 3.05) is 5.73 Å². The quantitative estimate of drug-likeness (QED) is 0.393. The van der Waals surface area contributed by atoms with Crippen molar-refractivity contribution in [3.63, 3.8) is 0 Å². The summed E-state index contributed by atoms with van der Waals surface area (Å²) in [5.41, 5.74) is 11.6. The lowest BCUT2D eigenvalue weighted by Gasteiger charge is -2.04. The molecule has 0 unspecified atom stereocenters. The zero-order chi connectivity index (χ0) is 20.9. The highest BCUT2D eigenvalue weighted by Crippen LogP contribution is 2.33. The van der Waals surface area contributed by atoms with Gasteiger partial charge in [-0.05, 0) is 35.9 Å². The van der Waals surface area contributed by atoms with Crippen LogP contribution < -0.4 is 5.73 Å². The van der Waals surface area contributed by atoms with Gasteiger partial charge < -0.3 is 15.1 Å². The molecule has 1 aromatic carbocycles. The molecular weight excluding hydrogens is 397 g/mol. The third-order valence-electron chi connectivity index (χ3n) is 5.17. The fourth-order valence-corrected chi connectivity index (χ4v) is 3.73. The first-order valence-corrected chi connectivity index (χ1v) is 9.43. The standard InChI is InChI=1S/C22H14FN7O/c23-17-7-12(13-5-14(24)9-25-8-13)6-16-18(17)29-30-20(16)22-27-19-15(11-2-4-31-10-11)1-3-26-21(19)28-22/h1-10H,24H2,(H,29,30)(H,26,27,28). The number of rotatable bonds is 3. The molecular formula is C22H14FN7O. The fourth-order valence-electron chi connectivity index (χ4n) is 3.73. The van der Waals surface area contributed by atoms with Crippen LogP contribution in [0.1, 0.15) is 0 Å². The number of hydrogen-bond donors (Lipinski definition) is 3. The molecule has 8 nitrogen and oxygen atoms in total. The van der Waals surface area contributed by atoms with Gasteiger partial charge in [0.2, 0.25) is 0 Å². The Morgan fingerprint density at radius 2 is 1.97 bits per heavy atom. The number of imidazole rings is 1. The molecule has 0 saturated heterocycles. The van der Waals surface area contributed by atoms with Crippen LogP contribution in [0.25, 0.3) is 55.8 Å². The van der Waals surface area contributed by atoms with Crippen LogP contribution in [-0.4, -0.2) is 30.1 Å². The van der Waals surface area contributed by atoms with Crippen molar-refractivity contribution < 1.29 is 8.81 Å². The lowest BCUT2D eigenvalue weighted by atomic mass is 10.0. The molecule has 9 heteroatoms. The van der Waals surface area contributed by atoms with Gasteiger partial charge in [-0.2, -0.15) is 5.10 Å². The van der Waals surface area contributed by atoms with E-state index in [1.165, 1.54) is 6.07 Å². The molecule has 0 fully saturated rings. The maximum atomic E-state index is 14.8. The summed E-state index contributed by atoms with van der Waals surface area (Å²) in [6, 6.07) is 8.74. The van der Waals surface area contributed by atoms with Crippen LogP contribution in [0.5, 0.6) is 0 Å². The fraction of sp³-hybridized carbons (Fsp3) is 0. The summed E-state index contributed by atoms with van der Waals surface area (Å²) >= 11 is 0. The van der Waals surface area contributed by atoms with Crippen molar-refractivity contribution >= 4 is 27.8 Å². The van der Waals surface area contributed by atoms with Gasteiger partial charge in [-0.15, -0.1) is 0 Å². The van der Waals surface area contributed by atoms with Gasteiger partial charge in [0, 0.05) is 40.7 Å². The van der Waals surface area contributed by atoms with E-state index in [1.54, 1.807) is 37.2 Å². The van der Waals surface area contributed by atoms with E-state index >= 15 is 0 Å². The second-order valence-corrected chi connectivity index (χ2v) is 7.11. The number of aromatic nitrogens is 6. The highest BCUT2D eigenvalue weighted by Gasteiger charge is 2.18. The van der Waals surface area contributed by atoms with Crippen molar-refractivity contribution in [1.29, 1.82) is 0 Å². The maximum absolute atomic E-state index is 14.8. The lowest BCUT2D eigenvalue weighted by Crippen LogP contribution is -1.89. The first kappa shape index (κ1) is 17.3. The van der Waals surface area contributed by atoms with Crippen LogP contribution in [0.4, 0.5) is 10.1 Å². The molecule has 4 N–H and O–H groups in total. The SMILES string of the molecule is Nc1cncc(-c2cc(F)c3n[nH]c(-c4nc5nccc(-c6ccoc6)c5[nH]4)c3c2)c1. The lowest BCUT2D eigenvalue weighted by molar-refractivity contribution is 0.568. The van der Waals surface area contributed by atoms with Gasteiger partial charge in [0.1, 0.15) is 11.2 Å². The number of anilines is 1. The zero-order valence-corrected chi connectivity index (χ0v) is 15.9. The Bertz CT molecular complexity index is 1570. The van der Waals surface area contributed by atoms with E-state index < -0.39 is 5.82 Å². The number of nitrogens with two attached hydrogens (primary N) is 1. The predicted molar refractivity (Wildman–Crippen MR) is 114 cm³/mol. The Labute approximate surface area is 174 Å². The predicted octanol–water partition coefficient (Wildman–Crippen LogP) is 4.54. The summed E-state index contributed by atoms with van der Waals surface area (Å²) in [4.78, 5) is 16.3. The molecule has 0 aliphatic heterocycles. The van der Waals surface area contributed by atoms with Crippen molar-refractivity contribution in [1.82, 2.24) is 30.1 Å². The minimum Gasteiger partial charge on any atom is -0.472 e. The first-order chi connectivity index (χ1) is 15.2. The van der Waals surface area contributed by atoms with E-state index in [0.717, 1.165) is 16.6 Å². The van der Waals surface area contributed by atoms with Crippen molar-refractivity contribution in [2.24, 2.45) is 0 Å². The average Bonchev–Trinajstić information content (AvgIpc) is 3.52. The third-order valence-corrected chi connectivity index (χ3v) is 5.17. The number of nitrogens with zero attached hydrogens (tertiary/aromatic N) is 4. The molecule has 6 aromatic rings. The minimum absolute atomic E-state index is 0.221. The third kappa shape index (κ3) is 2.75. The number of H-pyrrole nitrogens is 2. The summed E-state index contributed by atoms with van der Waals surface area (Å²) in [5.74, 6) is 0.0499. The van der Waals surface area contributed by atoms with Crippen molar-refractivity contribution in [3.05, 3.63) is 67.3 Å².